The summed E-state index contributed by atoms with van der Waals surface area (Å²) in [6.45, 7) is 1.42. The molecule has 2 N–H and O–H groups in total. The summed E-state index contributed by atoms with van der Waals surface area (Å²) in [6, 6.07) is 2.89. The molecule has 1 saturated heterocycles. The molecule has 1 aliphatic rings. The van der Waals surface area contributed by atoms with Crippen molar-refractivity contribution < 1.29 is 13.0 Å². The quantitative estimate of drug-likeness (QED) is 0.768. The van der Waals surface area contributed by atoms with Gasteiger partial charge in [-0.1, -0.05) is 0 Å². The van der Waals surface area contributed by atoms with Gasteiger partial charge in [-0.15, -0.1) is 0 Å². The van der Waals surface area contributed by atoms with E-state index in [-0.39, 0.29) is 6.04 Å². The summed E-state index contributed by atoms with van der Waals surface area (Å²) in [7, 11) is -4.25. The van der Waals surface area contributed by atoms with Crippen molar-refractivity contribution in [3.63, 3.8) is 0 Å². The molecule has 0 aliphatic carbocycles. The van der Waals surface area contributed by atoms with E-state index >= 15 is 0 Å². The summed E-state index contributed by atoms with van der Waals surface area (Å²) in [4.78, 5) is 3.84. The van der Waals surface area contributed by atoms with Gasteiger partial charge < -0.3 is 5.32 Å². The van der Waals surface area contributed by atoms with Crippen molar-refractivity contribution in [1.82, 2.24) is 10.3 Å². The zero-order chi connectivity index (χ0) is 12.3. The summed E-state index contributed by atoms with van der Waals surface area (Å²) >= 11 is 0. The molecule has 1 aliphatic heterocycles. The third-order valence-corrected chi connectivity index (χ3v) is 3.77. The second-order valence-electron chi connectivity index (χ2n) is 3.98. The van der Waals surface area contributed by atoms with Crippen LogP contribution < -0.4 is 9.62 Å². The highest BCUT2D eigenvalue weighted by molar-refractivity contribution is 7.87. The van der Waals surface area contributed by atoms with Crippen LogP contribution in [-0.2, 0) is 10.3 Å². The molecule has 17 heavy (non-hydrogen) atoms. The molecule has 94 valence electrons. The Hall–Kier alpha value is -1.18. The van der Waals surface area contributed by atoms with Crippen LogP contribution in [0.3, 0.4) is 0 Å². The fourth-order valence-corrected chi connectivity index (χ4v) is 3.00. The number of rotatable bonds is 3. The lowest BCUT2D eigenvalue weighted by atomic mass is 10.1. The summed E-state index contributed by atoms with van der Waals surface area (Å²) < 4.78 is 33.3. The van der Waals surface area contributed by atoms with Crippen LogP contribution in [-0.4, -0.2) is 37.1 Å². The SMILES string of the molecule is O=S(=O)(O)N(c1ccncc1)C1CCCNC1. The van der Waals surface area contributed by atoms with Crippen molar-refractivity contribution >= 4 is 16.0 Å². The van der Waals surface area contributed by atoms with Gasteiger partial charge in [0.2, 0.25) is 0 Å². The minimum absolute atomic E-state index is 0.249. The first-order valence-electron chi connectivity index (χ1n) is 5.46. The van der Waals surface area contributed by atoms with E-state index in [4.69, 9.17) is 0 Å². The van der Waals surface area contributed by atoms with Gasteiger partial charge in [-0.25, -0.2) is 4.31 Å². The van der Waals surface area contributed by atoms with E-state index in [0.717, 1.165) is 23.7 Å². The van der Waals surface area contributed by atoms with E-state index in [0.29, 0.717) is 12.2 Å². The average Bonchev–Trinajstić information content (AvgIpc) is 2.30. The van der Waals surface area contributed by atoms with Crippen molar-refractivity contribution in [2.45, 2.75) is 18.9 Å². The number of hydrogen-bond donors (Lipinski definition) is 2. The fraction of sp³-hybridized carbons (Fsp3) is 0.500. The number of hydrogen-bond acceptors (Lipinski definition) is 4. The van der Waals surface area contributed by atoms with Gasteiger partial charge in [0.05, 0.1) is 11.7 Å². The molecule has 7 heteroatoms. The molecular weight excluding hydrogens is 242 g/mol. The zero-order valence-electron chi connectivity index (χ0n) is 9.28. The number of aromatic nitrogens is 1. The maximum Gasteiger partial charge on any atom is 0.360 e. The Balaban J connectivity index is 2.32. The lowest BCUT2D eigenvalue weighted by Crippen LogP contribution is -2.48. The lowest BCUT2D eigenvalue weighted by Gasteiger charge is -2.33. The van der Waals surface area contributed by atoms with Gasteiger partial charge in [0.15, 0.2) is 0 Å². The molecule has 1 fully saturated rings. The molecule has 1 unspecified atom stereocenters. The largest absolute Gasteiger partial charge is 0.360 e. The predicted octanol–water partition coefficient (Wildman–Crippen LogP) is 0.443. The van der Waals surface area contributed by atoms with Crippen molar-refractivity contribution in [3.8, 4) is 0 Å². The van der Waals surface area contributed by atoms with Gasteiger partial charge in [-0.3, -0.25) is 9.54 Å². The lowest BCUT2D eigenvalue weighted by molar-refractivity contribution is 0.427. The van der Waals surface area contributed by atoms with Gasteiger partial charge in [0.25, 0.3) is 0 Å². The van der Waals surface area contributed by atoms with Gasteiger partial charge in [0.1, 0.15) is 0 Å². The molecule has 2 rings (SSSR count). The van der Waals surface area contributed by atoms with Gasteiger partial charge in [-0.2, -0.15) is 8.42 Å². The Labute approximate surface area is 101 Å². The summed E-state index contributed by atoms with van der Waals surface area (Å²) in [5.74, 6) is 0. The first-order chi connectivity index (χ1) is 8.09. The Bertz CT molecular complexity index is 457. The normalized spacial score (nSPS) is 21.1. The summed E-state index contributed by atoms with van der Waals surface area (Å²) in [5, 5.41) is 3.12. The highest BCUT2D eigenvalue weighted by atomic mass is 32.2. The molecule has 2 heterocycles. The monoisotopic (exact) mass is 257 g/mol. The Morgan fingerprint density at radius 3 is 2.65 bits per heavy atom. The molecule has 1 atom stereocenters. The number of anilines is 1. The molecule has 0 bridgehead atoms. The third kappa shape index (κ3) is 2.93. The van der Waals surface area contributed by atoms with E-state index in [2.05, 4.69) is 10.3 Å². The summed E-state index contributed by atoms with van der Waals surface area (Å²) in [5.41, 5.74) is 0.441. The molecular formula is C10H15N3O3S. The number of pyridine rings is 1. The second kappa shape index (κ2) is 4.99. The molecule has 1 aromatic heterocycles. The number of nitrogens with zero attached hydrogens (tertiary/aromatic N) is 2. The van der Waals surface area contributed by atoms with Crippen LogP contribution in [0.2, 0.25) is 0 Å². The third-order valence-electron chi connectivity index (χ3n) is 2.77. The van der Waals surface area contributed by atoms with E-state index in [1.165, 1.54) is 12.4 Å². The van der Waals surface area contributed by atoms with E-state index in [9.17, 15) is 13.0 Å². The maximum atomic E-state index is 11.5. The maximum absolute atomic E-state index is 11.5. The Morgan fingerprint density at radius 2 is 2.12 bits per heavy atom. The number of piperidine rings is 1. The van der Waals surface area contributed by atoms with Crippen LogP contribution in [0.15, 0.2) is 24.5 Å². The molecule has 0 spiro atoms. The minimum atomic E-state index is -4.25. The van der Waals surface area contributed by atoms with Crippen molar-refractivity contribution in [1.29, 1.82) is 0 Å². The average molecular weight is 257 g/mol. The highest BCUT2D eigenvalue weighted by Gasteiger charge is 2.29. The summed E-state index contributed by atoms with van der Waals surface area (Å²) in [6.07, 6.45) is 4.63. The molecule has 0 saturated carbocycles. The van der Waals surface area contributed by atoms with Crippen LogP contribution >= 0.6 is 0 Å². The fourth-order valence-electron chi connectivity index (χ4n) is 2.06. The topological polar surface area (TPSA) is 82.5 Å². The van der Waals surface area contributed by atoms with E-state index in [1.54, 1.807) is 12.1 Å². The van der Waals surface area contributed by atoms with E-state index < -0.39 is 10.3 Å². The van der Waals surface area contributed by atoms with Gasteiger partial charge in [-0.05, 0) is 31.5 Å². The Kier molecular flexibility index (Phi) is 3.60. The molecule has 0 aromatic carbocycles. The van der Waals surface area contributed by atoms with Gasteiger partial charge >= 0.3 is 10.3 Å². The molecule has 1 aromatic rings. The van der Waals surface area contributed by atoms with Crippen molar-refractivity contribution in [3.05, 3.63) is 24.5 Å². The van der Waals surface area contributed by atoms with Gasteiger partial charge in [0, 0.05) is 18.9 Å². The minimum Gasteiger partial charge on any atom is -0.315 e. The second-order valence-corrected chi connectivity index (χ2v) is 5.27. The van der Waals surface area contributed by atoms with Crippen LogP contribution in [0, 0.1) is 0 Å². The first-order valence-corrected chi connectivity index (χ1v) is 6.86. The zero-order valence-corrected chi connectivity index (χ0v) is 10.1. The molecule has 0 radical (unpaired) electrons. The van der Waals surface area contributed by atoms with Crippen molar-refractivity contribution in [2.24, 2.45) is 0 Å². The van der Waals surface area contributed by atoms with Crippen molar-refractivity contribution in [2.75, 3.05) is 17.4 Å². The standard InChI is InChI=1S/C10H15N3O3S/c14-17(15,16)13(9-3-6-11-7-4-9)10-2-1-5-12-8-10/h3-4,6-7,10,12H,1-2,5,8H2,(H,14,15,16). The number of nitrogens with one attached hydrogen (secondary N) is 1. The van der Waals surface area contributed by atoms with Crippen LogP contribution in [0.25, 0.3) is 0 Å². The molecule has 0 amide bonds. The van der Waals surface area contributed by atoms with E-state index in [1.807, 2.05) is 0 Å². The smallest absolute Gasteiger partial charge is 0.315 e. The van der Waals surface area contributed by atoms with Crippen LogP contribution in [0.5, 0.6) is 0 Å². The van der Waals surface area contributed by atoms with Crippen LogP contribution in [0.1, 0.15) is 12.8 Å². The predicted molar refractivity (Wildman–Crippen MR) is 64.2 cm³/mol. The Morgan fingerprint density at radius 1 is 1.41 bits per heavy atom. The molecule has 6 nitrogen and oxygen atoms in total. The highest BCUT2D eigenvalue weighted by Crippen LogP contribution is 2.22. The van der Waals surface area contributed by atoms with Crippen LogP contribution in [0.4, 0.5) is 5.69 Å². The first kappa shape index (κ1) is 12.3.